The standard InChI is InChI=1S/C14H17IN2O4/c1-4-5-6-21-14(18)17-8-9(15)12-10(17)7-11(19-2)13(16-12)20-3/h7-8H,4-6H2,1-3H3. The van der Waals surface area contributed by atoms with Gasteiger partial charge in [0, 0.05) is 12.3 Å². The fourth-order valence-electron chi connectivity index (χ4n) is 1.89. The van der Waals surface area contributed by atoms with Crippen molar-refractivity contribution in [2.45, 2.75) is 19.8 Å². The van der Waals surface area contributed by atoms with E-state index in [0.29, 0.717) is 29.3 Å². The van der Waals surface area contributed by atoms with Crippen LogP contribution in [0.2, 0.25) is 0 Å². The molecule has 0 aliphatic rings. The second-order valence-electron chi connectivity index (χ2n) is 4.38. The molecule has 0 aliphatic heterocycles. The smallest absolute Gasteiger partial charge is 0.418 e. The summed E-state index contributed by atoms with van der Waals surface area (Å²) in [6.45, 7) is 2.45. The van der Waals surface area contributed by atoms with E-state index in [4.69, 9.17) is 14.2 Å². The van der Waals surface area contributed by atoms with Crippen molar-refractivity contribution in [3.05, 3.63) is 15.8 Å². The van der Waals surface area contributed by atoms with Crippen LogP contribution in [0.5, 0.6) is 11.6 Å². The van der Waals surface area contributed by atoms with Gasteiger partial charge >= 0.3 is 6.09 Å². The van der Waals surface area contributed by atoms with E-state index >= 15 is 0 Å². The van der Waals surface area contributed by atoms with E-state index in [-0.39, 0.29) is 0 Å². The summed E-state index contributed by atoms with van der Waals surface area (Å²) < 4.78 is 17.9. The van der Waals surface area contributed by atoms with E-state index in [9.17, 15) is 4.79 Å². The highest BCUT2D eigenvalue weighted by Crippen LogP contribution is 2.31. The summed E-state index contributed by atoms with van der Waals surface area (Å²) in [4.78, 5) is 16.5. The molecule has 0 saturated carbocycles. The van der Waals surface area contributed by atoms with Gasteiger partial charge in [-0.2, -0.15) is 0 Å². The van der Waals surface area contributed by atoms with Crippen molar-refractivity contribution in [1.29, 1.82) is 0 Å². The largest absolute Gasteiger partial charge is 0.491 e. The Morgan fingerprint density at radius 2 is 2.14 bits per heavy atom. The van der Waals surface area contributed by atoms with Gasteiger partial charge in [0.25, 0.3) is 5.88 Å². The predicted octanol–water partition coefficient (Wildman–Crippen LogP) is 3.44. The molecule has 0 amide bonds. The van der Waals surface area contributed by atoms with Gasteiger partial charge in [-0.05, 0) is 29.0 Å². The lowest BCUT2D eigenvalue weighted by molar-refractivity contribution is 0.147. The number of hydrogen-bond donors (Lipinski definition) is 0. The van der Waals surface area contributed by atoms with Crippen LogP contribution in [0.1, 0.15) is 19.8 Å². The van der Waals surface area contributed by atoms with Gasteiger partial charge in [-0.15, -0.1) is 0 Å². The van der Waals surface area contributed by atoms with E-state index in [1.807, 2.05) is 6.92 Å². The first-order valence-electron chi connectivity index (χ1n) is 6.59. The quantitative estimate of drug-likeness (QED) is 0.565. The predicted molar refractivity (Wildman–Crippen MR) is 87.2 cm³/mol. The summed E-state index contributed by atoms with van der Waals surface area (Å²) in [5, 5.41) is 0. The fraction of sp³-hybridized carbons (Fsp3) is 0.429. The summed E-state index contributed by atoms with van der Waals surface area (Å²) in [5.74, 6) is 0.863. The van der Waals surface area contributed by atoms with Crippen molar-refractivity contribution >= 4 is 39.7 Å². The van der Waals surface area contributed by atoms with Crippen LogP contribution in [0, 0.1) is 3.57 Å². The van der Waals surface area contributed by atoms with Crippen molar-refractivity contribution in [3.8, 4) is 11.6 Å². The molecule has 7 heteroatoms. The molecule has 2 heterocycles. The Kier molecular flexibility index (Phi) is 5.27. The maximum absolute atomic E-state index is 12.1. The third-order valence-corrected chi connectivity index (χ3v) is 3.79. The summed E-state index contributed by atoms with van der Waals surface area (Å²) >= 11 is 2.13. The van der Waals surface area contributed by atoms with Crippen LogP contribution >= 0.6 is 22.6 Å². The highest BCUT2D eigenvalue weighted by atomic mass is 127. The molecule has 0 unspecified atom stereocenters. The van der Waals surface area contributed by atoms with E-state index in [2.05, 4.69) is 27.6 Å². The number of ether oxygens (including phenoxy) is 3. The van der Waals surface area contributed by atoms with Crippen LogP contribution in [0.3, 0.4) is 0 Å². The zero-order valence-electron chi connectivity index (χ0n) is 12.2. The van der Waals surface area contributed by atoms with Gasteiger partial charge in [0.15, 0.2) is 5.75 Å². The highest BCUT2D eigenvalue weighted by molar-refractivity contribution is 14.1. The minimum absolute atomic E-state index is 0.389. The summed E-state index contributed by atoms with van der Waals surface area (Å²) in [5.41, 5.74) is 1.32. The Labute approximate surface area is 136 Å². The number of fused-ring (bicyclic) bond motifs is 1. The van der Waals surface area contributed by atoms with Gasteiger partial charge in [-0.25, -0.2) is 14.3 Å². The van der Waals surface area contributed by atoms with Crippen LogP contribution in [-0.4, -0.2) is 36.5 Å². The third kappa shape index (κ3) is 3.22. The van der Waals surface area contributed by atoms with Crippen molar-refractivity contribution in [2.75, 3.05) is 20.8 Å². The van der Waals surface area contributed by atoms with Crippen LogP contribution in [0.15, 0.2) is 12.3 Å². The summed E-state index contributed by atoms with van der Waals surface area (Å²) in [6, 6.07) is 1.73. The van der Waals surface area contributed by atoms with Crippen molar-refractivity contribution < 1.29 is 19.0 Å². The Morgan fingerprint density at radius 1 is 1.38 bits per heavy atom. The van der Waals surface area contributed by atoms with Crippen molar-refractivity contribution in [1.82, 2.24) is 9.55 Å². The molecular formula is C14H17IN2O4. The molecule has 0 bridgehead atoms. The molecule has 0 aromatic carbocycles. The van der Waals surface area contributed by atoms with E-state index in [0.717, 1.165) is 16.4 Å². The number of methoxy groups -OCH3 is 2. The van der Waals surface area contributed by atoms with Gasteiger partial charge in [-0.1, -0.05) is 13.3 Å². The SMILES string of the molecule is CCCCOC(=O)n1cc(I)c2nc(OC)c(OC)cc21. The van der Waals surface area contributed by atoms with E-state index in [1.165, 1.54) is 18.8 Å². The number of aromatic nitrogens is 2. The van der Waals surface area contributed by atoms with Gasteiger partial charge < -0.3 is 14.2 Å². The summed E-state index contributed by atoms with van der Waals surface area (Å²) in [7, 11) is 3.06. The molecule has 2 aromatic heterocycles. The number of nitrogens with zero attached hydrogens (tertiary/aromatic N) is 2. The molecular weight excluding hydrogens is 387 g/mol. The number of halogens is 1. The van der Waals surface area contributed by atoms with Gasteiger partial charge in [-0.3, -0.25) is 0 Å². The molecule has 114 valence electrons. The highest BCUT2D eigenvalue weighted by Gasteiger charge is 2.18. The maximum Gasteiger partial charge on any atom is 0.418 e. The average Bonchev–Trinajstić information content (AvgIpc) is 2.82. The Balaban J connectivity index is 2.43. The van der Waals surface area contributed by atoms with Crippen molar-refractivity contribution in [2.24, 2.45) is 0 Å². The monoisotopic (exact) mass is 404 g/mol. The zero-order valence-corrected chi connectivity index (χ0v) is 14.3. The molecule has 0 spiro atoms. The molecule has 0 aliphatic carbocycles. The molecule has 0 N–H and O–H groups in total. The molecule has 0 fully saturated rings. The second kappa shape index (κ2) is 6.97. The number of carbonyl (C=O) groups is 1. The fourth-order valence-corrected chi connectivity index (χ4v) is 2.56. The van der Waals surface area contributed by atoms with E-state index < -0.39 is 6.09 Å². The van der Waals surface area contributed by atoms with E-state index in [1.54, 1.807) is 12.3 Å². The number of pyridine rings is 1. The Hall–Kier alpha value is -1.51. The van der Waals surface area contributed by atoms with Crippen LogP contribution in [-0.2, 0) is 4.74 Å². The number of hydrogen-bond acceptors (Lipinski definition) is 5. The molecule has 6 nitrogen and oxygen atoms in total. The molecule has 0 atom stereocenters. The maximum atomic E-state index is 12.1. The lowest BCUT2D eigenvalue weighted by atomic mass is 10.3. The zero-order chi connectivity index (χ0) is 15.4. The first-order valence-corrected chi connectivity index (χ1v) is 7.67. The molecule has 2 aromatic rings. The first kappa shape index (κ1) is 15.9. The topological polar surface area (TPSA) is 62.6 Å². The molecule has 21 heavy (non-hydrogen) atoms. The second-order valence-corrected chi connectivity index (χ2v) is 5.54. The van der Waals surface area contributed by atoms with Crippen molar-refractivity contribution in [3.63, 3.8) is 0 Å². The number of carbonyl (C=O) groups excluding carboxylic acids is 1. The van der Waals surface area contributed by atoms with Crippen LogP contribution in [0.4, 0.5) is 4.79 Å². The lowest BCUT2D eigenvalue weighted by Gasteiger charge is -2.08. The Morgan fingerprint density at radius 3 is 2.76 bits per heavy atom. The minimum atomic E-state index is -0.412. The molecule has 0 saturated heterocycles. The average molecular weight is 404 g/mol. The number of unbranched alkanes of at least 4 members (excludes halogenated alkanes) is 1. The normalized spacial score (nSPS) is 10.7. The lowest BCUT2D eigenvalue weighted by Crippen LogP contribution is -2.13. The van der Waals surface area contributed by atoms with Crippen LogP contribution in [0.25, 0.3) is 11.0 Å². The molecule has 0 radical (unpaired) electrons. The minimum Gasteiger partial charge on any atom is -0.491 e. The first-order chi connectivity index (χ1) is 10.1. The third-order valence-electron chi connectivity index (χ3n) is 3.00. The molecule has 2 rings (SSSR count). The van der Waals surface area contributed by atoms with Gasteiger partial charge in [0.2, 0.25) is 0 Å². The van der Waals surface area contributed by atoms with Crippen LogP contribution < -0.4 is 9.47 Å². The number of rotatable bonds is 5. The summed E-state index contributed by atoms with van der Waals surface area (Å²) in [6.07, 6.45) is 3.11. The van der Waals surface area contributed by atoms with Gasteiger partial charge in [0.1, 0.15) is 5.52 Å². The Bertz CT molecular complexity index is 654. The van der Waals surface area contributed by atoms with Gasteiger partial charge in [0.05, 0.1) is 29.9 Å².